The molecule has 142 valence electrons. The van der Waals surface area contributed by atoms with Crippen LogP contribution in [-0.4, -0.2) is 51.8 Å². The highest BCUT2D eigenvalue weighted by atomic mass is 31.2. The third-order valence-electron chi connectivity index (χ3n) is 3.94. The molecule has 1 aromatic rings. The highest BCUT2D eigenvalue weighted by molar-refractivity contribution is 7.53. The predicted molar refractivity (Wildman–Crippen MR) is 95.3 cm³/mol. The molecule has 2 rings (SSSR count). The molecule has 2 radical (unpaired) electrons. The van der Waals surface area contributed by atoms with Crippen LogP contribution in [0, 0.1) is 0 Å². The Balaban J connectivity index is 2.04. The summed E-state index contributed by atoms with van der Waals surface area (Å²) < 4.78 is 48.0. The Morgan fingerprint density at radius 2 is 1.85 bits per heavy atom. The first-order chi connectivity index (χ1) is 12.4. The first-order valence-corrected chi connectivity index (χ1v) is 10.3. The van der Waals surface area contributed by atoms with Gasteiger partial charge in [-0.25, -0.2) is 9.18 Å². The van der Waals surface area contributed by atoms with Gasteiger partial charge in [-0.3, -0.25) is 4.57 Å². The number of halogens is 1. The van der Waals surface area contributed by atoms with Gasteiger partial charge in [0, 0.05) is 0 Å². The van der Waals surface area contributed by atoms with E-state index in [4.69, 9.17) is 26.4 Å². The zero-order valence-electron chi connectivity index (χ0n) is 14.9. The van der Waals surface area contributed by atoms with E-state index in [9.17, 15) is 13.8 Å². The number of rotatable bonds is 9. The van der Waals surface area contributed by atoms with Crippen molar-refractivity contribution in [3.05, 3.63) is 35.9 Å². The van der Waals surface area contributed by atoms with Crippen molar-refractivity contribution >= 4 is 21.4 Å². The number of alkyl halides is 1. The number of hydrogen-bond acceptors (Lipinski definition) is 6. The number of ether oxygens (including phenoxy) is 2. The third kappa shape index (κ3) is 5.40. The van der Waals surface area contributed by atoms with E-state index in [-0.39, 0.29) is 26.0 Å². The van der Waals surface area contributed by atoms with Crippen molar-refractivity contribution < 1.29 is 32.3 Å². The monoisotopic (exact) mass is 384 g/mol. The van der Waals surface area contributed by atoms with Crippen molar-refractivity contribution in [2.45, 2.75) is 44.5 Å². The van der Waals surface area contributed by atoms with Crippen molar-refractivity contribution in [2.75, 3.05) is 19.6 Å². The lowest BCUT2D eigenvalue weighted by molar-refractivity contribution is -0.0474. The van der Waals surface area contributed by atoms with E-state index in [1.807, 2.05) is 0 Å². The average molecular weight is 384 g/mol. The van der Waals surface area contributed by atoms with Crippen LogP contribution in [0.4, 0.5) is 4.39 Å². The summed E-state index contributed by atoms with van der Waals surface area (Å²) in [6.07, 6.45) is -3.83. The van der Waals surface area contributed by atoms with Crippen LogP contribution < -0.4 is 0 Å². The van der Waals surface area contributed by atoms with Crippen molar-refractivity contribution in [3.63, 3.8) is 0 Å². The topological polar surface area (TPSA) is 71.1 Å². The van der Waals surface area contributed by atoms with Crippen LogP contribution in [0.3, 0.4) is 0 Å². The Labute approximate surface area is 154 Å². The molecular weight excluding hydrogens is 361 g/mol. The van der Waals surface area contributed by atoms with E-state index in [1.54, 1.807) is 44.2 Å². The Hall–Kier alpha value is -1.21. The van der Waals surface area contributed by atoms with Gasteiger partial charge in [0.1, 0.15) is 12.5 Å². The largest absolute Gasteiger partial charge is 0.453 e. The molecule has 0 N–H and O–H groups in total. The Kier molecular flexibility index (Phi) is 7.83. The van der Waals surface area contributed by atoms with Crippen molar-refractivity contribution in [1.29, 1.82) is 0 Å². The van der Waals surface area contributed by atoms with E-state index < -0.39 is 37.8 Å². The molecule has 4 atom stereocenters. The van der Waals surface area contributed by atoms with Crippen LogP contribution in [0.2, 0.25) is 5.82 Å². The lowest BCUT2D eigenvalue weighted by atomic mass is 9.85. The maximum atomic E-state index is 14.4. The summed E-state index contributed by atoms with van der Waals surface area (Å²) in [4.78, 5) is 12.2. The number of benzene rings is 1. The van der Waals surface area contributed by atoms with Crippen molar-refractivity contribution in [3.8, 4) is 0 Å². The smallest absolute Gasteiger partial charge is 0.356 e. The molecule has 4 unspecified atom stereocenters. The van der Waals surface area contributed by atoms with Gasteiger partial charge in [0.25, 0.3) is 0 Å². The summed E-state index contributed by atoms with van der Waals surface area (Å²) >= 11 is 0. The molecule has 1 aliphatic rings. The van der Waals surface area contributed by atoms with E-state index in [1.165, 1.54) is 0 Å². The number of carbonyl (C=O) groups is 1. The van der Waals surface area contributed by atoms with Crippen LogP contribution in [-0.2, 0) is 23.1 Å². The summed E-state index contributed by atoms with van der Waals surface area (Å²) in [5.41, 5.74) is 0.299. The van der Waals surface area contributed by atoms with E-state index in [0.717, 1.165) is 0 Å². The second kappa shape index (κ2) is 9.65. The van der Waals surface area contributed by atoms with Gasteiger partial charge in [0.15, 0.2) is 6.10 Å². The molecule has 1 fully saturated rings. The van der Waals surface area contributed by atoms with E-state index >= 15 is 0 Å². The van der Waals surface area contributed by atoms with Gasteiger partial charge >= 0.3 is 13.6 Å². The molecular formula is C17H23BFO6P. The highest BCUT2D eigenvalue weighted by Gasteiger charge is 2.45. The maximum absolute atomic E-state index is 14.4. The molecule has 1 aliphatic carbocycles. The first kappa shape index (κ1) is 21.1. The molecule has 0 bridgehead atoms. The molecule has 0 amide bonds. The van der Waals surface area contributed by atoms with E-state index in [2.05, 4.69) is 0 Å². The van der Waals surface area contributed by atoms with Crippen molar-refractivity contribution in [1.82, 2.24) is 0 Å². The summed E-state index contributed by atoms with van der Waals surface area (Å²) in [5, 5.41) is 0. The summed E-state index contributed by atoms with van der Waals surface area (Å²) in [6.45, 7) is 3.73. The minimum absolute atomic E-state index is 0.131. The van der Waals surface area contributed by atoms with E-state index in [0.29, 0.717) is 5.56 Å². The molecule has 0 saturated heterocycles. The van der Waals surface area contributed by atoms with Crippen LogP contribution in [0.15, 0.2) is 30.3 Å². The number of carbonyl (C=O) groups excluding carboxylic acids is 1. The second-order valence-corrected chi connectivity index (χ2v) is 7.86. The fourth-order valence-electron chi connectivity index (χ4n) is 2.74. The van der Waals surface area contributed by atoms with Crippen LogP contribution >= 0.6 is 7.60 Å². The van der Waals surface area contributed by atoms with Gasteiger partial charge in [0.05, 0.1) is 32.7 Å². The minimum atomic E-state index is -3.46. The zero-order valence-corrected chi connectivity index (χ0v) is 15.8. The molecule has 9 heteroatoms. The first-order valence-electron chi connectivity index (χ1n) is 8.55. The van der Waals surface area contributed by atoms with Gasteiger partial charge in [0.2, 0.25) is 0 Å². The van der Waals surface area contributed by atoms with Gasteiger partial charge in [-0.15, -0.1) is 0 Å². The molecule has 0 spiro atoms. The maximum Gasteiger partial charge on any atom is 0.356 e. The molecule has 0 aliphatic heterocycles. The summed E-state index contributed by atoms with van der Waals surface area (Å²) in [6, 6.07) is 8.25. The quantitative estimate of drug-likeness (QED) is 0.369. The molecule has 0 aromatic heterocycles. The third-order valence-corrected chi connectivity index (χ3v) is 5.71. The average Bonchev–Trinajstić information content (AvgIpc) is 2.89. The predicted octanol–water partition coefficient (Wildman–Crippen LogP) is 3.52. The fraction of sp³-hybridized carbons (Fsp3) is 0.588. The van der Waals surface area contributed by atoms with Crippen molar-refractivity contribution in [2.24, 2.45) is 0 Å². The lowest BCUT2D eigenvalue weighted by Gasteiger charge is -2.24. The molecule has 1 saturated carbocycles. The molecule has 1 aromatic carbocycles. The van der Waals surface area contributed by atoms with Crippen LogP contribution in [0.1, 0.15) is 30.6 Å². The van der Waals surface area contributed by atoms with Gasteiger partial charge in [-0.05, 0) is 38.2 Å². The van der Waals surface area contributed by atoms with Gasteiger partial charge in [-0.2, -0.15) is 0 Å². The minimum Gasteiger partial charge on any atom is -0.453 e. The zero-order chi connectivity index (χ0) is 19.2. The Morgan fingerprint density at radius 1 is 1.23 bits per heavy atom. The van der Waals surface area contributed by atoms with Crippen LogP contribution in [0.25, 0.3) is 0 Å². The SMILES string of the molecule is [B]C1CC(OCP(=O)(OCC)OCC)C(OC(=O)c2ccccc2)C1F. The number of esters is 1. The molecule has 0 heterocycles. The normalized spacial score (nSPS) is 26.0. The second-order valence-electron chi connectivity index (χ2n) is 5.86. The summed E-state index contributed by atoms with van der Waals surface area (Å²) in [7, 11) is 2.30. The standard InChI is InChI=1S/C17H23BFO6P/c1-3-23-26(21,24-4-2)11-22-14-10-13(18)15(19)16(14)25-17(20)12-8-6-5-7-9-12/h5-9,13-16H,3-4,10-11H2,1-2H3. The Morgan fingerprint density at radius 3 is 2.42 bits per heavy atom. The summed E-state index contributed by atoms with van der Waals surface area (Å²) in [5.74, 6) is -1.51. The molecule has 6 nitrogen and oxygen atoms in total. The molecule has 26 heavy (non-hydrogen) atoms. The lowest BCUT2D eigenvalue weighted by Crippen LogP contribution is -2.35. The Bertz CT molecular complexity index is 621. The van der Waals surface area contributed by atoms with Gasteiger partial charge in [-0.1, -0.05) is 18.2 Å². The highest BCUT2D eigenvalue weighted by Crippen LogP contribution is 2.49. The van der Waals surface area contributed by atoms with Crippen LogP contribution in [0.5, 0.6) is 0 Å². The number of hydrogen-bond donors (Lipinski definition) is 0. The van der Waals surface area contributed by atoms with Gasteiger partial charge < -0.3 is 18.5 Å². The fourth-order valence-corrected chi connectivity index (χ4v) is 4.13.